The Morgan fingerprint density at radius 2 is 1.40 bits per heavy atom. The zero-order chi connectivity index (χ0) is 14.7. The highest BCUT2D eigenvalue weighted by Crippen LogP contribution is 2.40. The molecule has 20 heavy (non-hydrogen) atoms. The van der Waals surface area contributed by atoms with Crippen LogP contribution in [-0.4, -0.2) is 8.42 Å². The Kier molecular flexibility index (Phi) is 2.57. The summed E-state index contributed by atoms with van der Waals surface area (Å²) >= 11 is 0.718. The first-order chi connectivity index (χ1) is 9.35. The molecule has 2 aromatic rings. The lowest BCUT2D eigenvalue weighted by atomic mass is 10.3. The van der Waals surface area contributed by atoms with E-state index in [-0.39, 0.29) is 9.79 Å². The van der Waals surface area contributed by atoms with Crippen molar-refractivity contribution in [3.63, 3.8) is 0 Å². The third kappa shape index (κ3) is 1.49. The van der Waals surface area contributed by atoms with Crippen LogP contribution >= 0.6 is 11.8 Å². The molecule has 0 aliphatic carbocycles. The van der Waals surface area contributed by atoms with E-state index in [1.807, 2.05) is 0 Å². The average Bonchev–Trinajstić information content (AvgIpc) is 2.42. The number of hydrogen-bond acceptors (Lipinski definition) is 7. The van der Waals surface area contributed by atoms with E-state index in [1.165, 1.54) is 18.2 Å². The van der Waals surface area contributed by atoms with E-state index in [0.717, 1.165) is 11.8 Å². The standard InChI is InChI=1S/C12H4O6S2/c13-7-8(14)10(16)12-11(9(7)15)19-5-3-1-2-4-6(5)20(12,17)18/h1-4H. The van der Waals surface area contributed by atoms with Crippen molar-refractivity contribution >= 4 is 21.6 Å². The lowest BCUT2D eigenvalue weighted by molar-refractivity contribution is 0.589. The summed E-state index contributed by atoms with van der Waals surface area (Å²) in [5.74, 6) is 0. The van der Waals surface area contributed by atoms with Crippen LogP contribution in [0.5, 0.6) is 0 Å². The predicted octanol–water partition coefficient (Wildman–Crippen LogP) is -0.700. The fraction of sp³-hybridized carbons (Fsp3) is 0. The van der Waals surface area contributed by atoms with Crippen LogP contribution < -0.4 is 21.7 Å². The first-order valence-electron chi connectivity index (χ1n) is 5.29. The van der Waals surface area contributed by atoms with E-state index in [0.29, 0.717) is 0 Å². The van der Waals surface area contributed by atoms with E-state index >= 15 is 0 Å². The Morgan fingerprint density at radius 3 is 2.10 bits per heavy atom. The lowest BCUT2D eigenvalue weighted by Gasteiger charge is -2.16. The highest BCUT2D eigenvalue weighted by Gasteiger charge is 2.36. The van der Waals surface area contributed by atoms with Crippen molar-refractivity contribution in [2.75, 3.05) is 0 Å². The molecule has 0 aromatic heterocycles. The van der Waals surface area contributed by atoms with E-state index < -0.39 is 41.3 Å². The Balaban J connectivity index is 2.61. The van der Waals surface area contributed by atoms with Crippen molar-refractivity contribution in [1.82, 2.24) is 0 Å². The van der Waals surface area contributed by atoms with Gasteiger partial charge in [-0.2, -0.15) is 0 Å². The van der Waals surface area contributed by atoms with Gasteiger partial charge in [0.2, 0.25) is 20.7 Å². The molecule has 8 heteroatoms. The van der Waals surface area contributed by atoms with Crippen molar-refractivity contribution in [3.05, 3.63) is 65.2 Å². The predicted molar refractivity (Wildman–Crippen MR) is 69.9 cm³/mol. The van der Waals surface area contributed by atoms with Gasteiger partial charge in [-0.25, -0.2) is 8.42 Å². The van der Waals surface area contributed by atoms with E-state index in [1.54, 1.807) is 6.07 Å². The van der Waals surface area contributed by atoms with E-state index in [9.17, 15) is 27.6 Å². The number of fused-ring (bicyclic) bond motifs is 2. The van der Waals surface area contributed by atoms with Gasteiger partial charge in [0.1, 0.15) is 4.90 Å². The summed E-state index contributed by atoms with van der Waals surface area (Å²) < 4.78 is 24.7. The second kappa shape index (κ2) is 3.97. The largest absolute Gasteiger partial charge is 0.284 e. The first kappa shape index (κ1) is 12.9. The Bertz CT molecular complexity index is 1060. The first-order valence-corrected chi connectivity index (χ1v) is 7.59. The number of benzene rings is 2. The summed E-state index contributed by atoms with van der Waals surface area (Å²) in [5, 5.41) is 0. The van der Waals surface area contributed by atoms with Gasteiger partial charge in [-0.05, 0) is 12.1 Å². The molecule has 0 N–H and O–H groups in total. The Morgan fingerprint density at radius 1 is 0.800 bits per heavy atom. The van der Waals surface area contributed by atoms with Crippen LogP contribution in [0.4, 0.5) is 0 Å². The van der Waals surface area contributed by atoms with Crippen LogP contribution in [0.1, 0.15) is 0 Å². The number of rotatable bonds is 0. The quantitative estimate of drug-likeness (QED) is 0.506. The zero-order valence-electron chi connectivity index (χ0n) is 9.58. The van der Waals surface area contributed by atoms with Crippen molar-refractivity contribution in [2.24, 2.45) is 0 Å². The van der Waals surface area contributed by atoms with Crippen LogP contribution in [0.15, 0.2) is 63.0 Å². The zero-order valence-corrected chi connectivity index (χ0v) is 11.2. The molecule has 0 saturated carbocycles. The van der Waals surface area contributed by atoms with Crippen LogP contribution in [-0.2, 0) is 9.84 Å². The van der Waals surface area contributed by atoms with Gasteiger partial charge in [0.15, 0.2) is 0 Å². The van der Waals surface area contributed by atoms with Gasteiger partial charge in [-0.15, -0.1) is 0 Å². The number of hydrogen-bond donors (Lipinski definition) is 0. The second-order valence-electron chi connectivity index (χ2n) is 4.03. The molecule has 1 aliphatic heterocycles. The molecular formula is C12H4O6S2. The van der Waals surface area contributed by atoms with E-state index in [2.05, 4.69) is 0 Å². The monoisotopic (exact) mass is 308 g/mol. The van der Waals surface area contributed by atoms with Crippen molar-refractivity contribution < 1.29 is 8.42 Å². The minimum Gasteiger partial charge on any atom is -0.284 e. The molecule has 100 valence electrons. The Labute approximate surface area is 115 Å². The highest BCUT2D eigenvalue weighted by molar-refractivity contribution is 8.02. The molecule has 6 nitrogen and oxygen atoms in total. The van der Waals surface area contributed by atoms with Gasteiger partial charge in [-0.1, -0.05) is 23.9 Å². The topological polar surface area (TPSA) is 102 Å². The van der Waals surface area contributed by atoms with Crippen LogP contribution in [0, 0.1) is 0 Å². The average molecular weight is 308 g/mol. The summed E-state index contributed by atoms with van der Waals surface area (Å²) in [5.41, 5.74) is -5.77. The molecule has 1 aliphatic rings. The number of sulfone groups is 1. The molecule has 0 radical (unpaired) electrons. The molecule has 1 heterocycles. The van der Waals surface area contributed by atoms with Gasteiger partial charge in [0.25, 0.3) is 10.9 Å². The summed E-state index contributed by atoms with van der Waals surface area (Å²) in [6.45, 7) is 0. The maximum absolute atomic E-state index is 12.3. The second-order valence-corrected chi connectivity index (χ2v) is 6.93. The van der Waals surface area contributed by atoms with Crippen LogP contribution in [0.3, 0.4) is 0 Å². The molecule has 0 spiro atoms. The summed E-state index contributed by atoms with van der Waals surface area (Å²) in [4.78, 5) is 45.0. The third-order valence-corrected chi connectivity index (χ3v) is 6.15. The van der Waals surface area contributed by atoms with Gasteiger partial charge in [-0.3, -0.25) is 19.2 Å². The van der Waals surface area contributed by atoms with E-state index in [4.69, 9.17) is 0 Å². The molecule has 0 amide bonds. The summed E-state index contributed by atoms with van der Waals surface area (Å²) in [6.07, 6.45) is 0. The van der Waals surface area contributed by atoms with Crippen LogP contribution in [0.25, 0.3) is 0 Å². The summed E-state index contributed by atoms with van der Waals surface area (Å²) in [6, 6.07) is 5.76. The molecule has 0 fully saturated rings. The fourth-order valence-corrected chi connectivity index (χ4v) is 5.23. The SMILES string of the molecule is O=c1c2c(c(=O)c(=O)c1=O)S(=O)(=O)c1ccccc1S2. The van der Waals surface area contributed by atoms with Crippen molar-refractivity contribution in [3.8, 4) is 0 Å². The van der Waals surface area contributed by atoms with Gasteiger partial charge in [0, 0.05) is 4.90 Å². The highest BCUT2D eigenvalue weighted by atomic mass is 32.2. The van der Waals surface area contributed by atoms with Gasteiger partial charge in [0.05, 0.1) is 9.79 Å². The minimum absolute atomic E-state index is 0.146. The molecule has 0 unspecified atom stereocenters. The molecular weight excluding hydrogens is 304 g/mol. The van der Waals surface area contributed by atoms with Crippen LogP contribution in [0.2, 0.25) is 0 Å². The fourth-order valence-electron chi connectivity index (χ4n) is 1.93. The maximum atomic E-state index is 12.3. The molecule has 0 saturated heterocycles. The Hall–Kier alpha value is -2.06. The lowest BCUT2D eigenvalue weighted by Crippen LogP contribution is -2.50. The molecule has 0 atom stereocenters. The minimum atomic E-state index is -4.27. The summed E-state index contributed by atoms with van der Waals surface area (Å²) in [7, 11) is -4.27. The van der Waals surface area contributed by atoms with Gasteiger partial charge >= 0.3 is 0 Å². The smallest absolute Gasteiger partial charge is 0.278 e. The maximum Gasteiger partial charge on any atom is 0.278 e. The molecule has 0 bridgehead atoms. The van der Waals surface area contributed by atoms with Crippen molar-refractivity contribution in [2.45, 2.75) is 19.6 Å². The normalized spacial score (nSPS) is 15.4. The van der Waals surface area contributed by atoms with Gasteiger partial charge < -0.3 is 0 Å². The van der Waals surface area contributed by atoms with Crippen molar-refractivity contribution in [1.29, 1.82) is 0 Å². The third-order valence-electron chi connectivity index (χ3n) is 2.86. The molecule has 3 rings (SSSR count). The molecule has 2 aromatic carbocycles.